The van der Waals surface area contributed by atoms with E-state index in [4.69, 9.17) is 0 Å². The molecule has 1 aliphatic rings. The molecule has 1 saturated heterocycles. The van der Waals surface area contributed by atoms with Crippen molar-refractivity contribution in [3.63, 3.8) is 0 Å². The summed E-state index contributed by atoms with van der Waals surface area (Å²) >= 11 is 0. The highest BCUT2D eigenvalue weighted by Crippen LogP contribution is 2.32. The molecule has 0 radical (unpaired) electrons. The summed E-state index contributed by atoms with van der Waals surface area (Å²) in [7, 11) is 0. The van der Waals surface area contributed by atoms with E-state index >= 15 is 0 Å². The third-order valence-electron chi connectivity index (χ3n) is 4.31. The first-order valence-corrected chi connectivity index (χ1v) is 7.74. The molecule has 108 valence electrons. The van der Waals surface area contributed by atoms with Crippen LogP contribution < -0.4 is 0 Å². The number of hydrogen-bond donors (Lipinski definition) is 0. The standard InChI is InChI=1S/C19H21NO/c1-2-15-10-12-17(13-11-15)19(21)20-14-6-9-18(20)16-7-4-3-5-8-16/h3-5,7-8,10-13,18H,2,6,9,14H2,1H3. The van der Waals surface area contributed by atoms with Crippen molar-refractivity contribution >= 4 is 5.91 Å². The minimum atomic E-state index is 0.156. The van der Waals surface area contributed by atoms with Crippen LogP contribution in [0.5, 0.6) is 0 Å². The quantitative estimate of drug-likeness (QED) is 0.823. The van der Waals surface area contributed by atoms with Gasteiger partial charge in [0.15, 0.2) is 0 Å². The molecule has 1 heterocycles. The summed E-state index contributed by atoms with van der Waals surface area (Å²) < 4.78 is 0. The van der Waals surface area contributed by atoms with E-state index < -0.39 is 0 Å². The van der Waals surface area contributed by atoms with E-state index in [0.717, 1.165) is 31.4 Å². The summed E-state index contributed by atoms with van der Waals surface area (Å²) in [6.07, 6.45) is 3.14. The zero-order valence-corrected chi connectivity index (χ0v) is 12.5. The first-order valence-electron chi connectivity index (χ1n) is 7.74. The minimum absolute atomic E-state index is 0.156. The summed E-state index contributed by atoms with van der Waals surface area (Å²) in [6, 6.07) is 18.6. The number of hydrogen-bond acceptors (Lipinski definition) is 1. The molecule has 2 aromatic rings. The van der Waals surface area contributed by atoms with Crippen molar-refractivity contribution in [1.82, 2.24) is 4.90 Å². The van der Waals surface area contributed by atoms with Crippen molar-refractivity contribution in [2.24, 2.45) is 0 Å². The fourth-order valence-corrected chi connectivity index (χ4v) is 3.08. The Morgan fingerprint density at radius 2 is 1.81 bits per heavy atom. The number of aryl methyl sites for hydroxylation is 1. The molecule has 2 aromatic carbocycles. The van der Waals surface area contributed by atoms with Gasteiger partial charge in [-0.1, -0.05) is 49.4 Å². The predicted molar refractivity (Wildman–Crippen MR) is 85.3 cm³/mol. The Hall–Kier alpha value is -2.09. The van der Waals surface area contributed by atoms with Crippen LogP contribution in [0.3, 0.4) is 0 Å². The third-order valence-corrected chi connectivity index (χ3v) is 4.31. The molecule has 1 amide bonds. The van der Waals surface area contributed by atoms with Gasteiger partial charge in [0.2, 0.25) is 0 Å². The van der Waals surface area contributed by atoms with Gasteiger partial charge in [0, 0.05) is 12.1 Å². The van der Waals surface area contributed by atoms with Crippen LogP contribution in [0.15, 0.2) is 54.6 Å². The van der Waals surface area contributed by atoms with Crippen LogP contribution in [0.4, 0.5) is 0 Å². The Labute approximate surface area is 126 Å². The van der Waals surface area contributed by atoms with Crippen LogP contribution in [0.1, 0.15) is 47.3 Å². The Balaban J connectivity index is 1.82. The van der Waals surface area contributed by atoms with Gasteiger partial charge in [0.1, 0.15) is 0 Å². The molecular formula is C19H21NO. The highest BCUT2D eigenvalue weighted by atomic mass is 16.2. The molecule has 1 aliphatic heterocycles. The second-order valence-corrected chi connectivity index (χ2v) is 5.62. The van der Waals surface area contributed by atoms with Crippen molar-refractivity contribution in [3.8, 4) is 0 Å². The van der Waals surface area contributed by atoms with Crippen LogP contribution in [-0.2, 0) is 6.42 Å². The number of benzene rings is 2. The fraction of sp³-hybridized carbons (Fsp3) is 0.316. The average molecular weight is 279 g/mol. The lowest BCUT2D eigenvalue weighted by molar-refractivity contribution is 0.0735. The van der Waals surface area contributed by atoms with Gasteiger partial charge in [-0.15, -0.1) is 0 Å². The number of rotatable bonds is 3. The number of carbonyl (C=O) groups excluding carboxylic acids is 1. The first kappa shape index (κ1) is 13.9. The van der Waals surface area contributed by atoms with Crippen LogP contribution in [0.25, 0.3) is 0 Å². The Bertz CT molecular complexity index is 603. The number of nitrogens with zero attached hydrogens (tertiary/aromatic N) is 1. The Morgan fingerprint density at radius 3 is 2.48 bits per heavy atom. The molecule has 0 N–H and O–H groups in total. The Morgan fingerprint density at radius 1 is 1.10 bits per heavy atom. The second-order valence-electron chi connectivity index (χ2n) is 5.62. The maximum atomic E-state index is 12.8. The van der Waals surface area contributed by atoms with E-state index in [-0.39, 0.29) is 11.9 Å². The smallest absolute Gasteiger partial charge is 0.254 e. The van der Waals surface area contributed by atoms with Gasteiger partial charge < -0.3 is 4.90 Å². The van der Waals surface area contributed by atoms with Crippen LogP contribution >= 0.6 is 0 Å². The van der Waals surface area contributed by atoms with E-state index in [9.17, 15) is 4.79 Å². The third kappa shape index (κ3) is 2.85. The van der Waals surface area contributed by atoms with E-state index in [2.05, 4.69) is 31.2 Å². The summed E-state index contributed by atoms with van der Waals surface area (Å²) in [5.41, 5.74) is 3.32. The van der Waals surface area contributed by atoms with Crippen molar-refractivity contribution in [2.45, 2.75) is 32.2 Å². The molecule has 0 aliphatic carbocycles. The number of likely N-dealkylation sites (tertiary alicyclic amines) is 1. The van der Waals surface area contributed by atoms with Crippen molar-refractivity contribution in [1.29, 1.82) is 0 Å². The molecule has 2 heteroatoms. The zero-order chi connectivity index (χ0) is 14.7. The van der Waals surface area contributed by atoms with Crippen molar-refractivity contribution < 1.29 is 4.79 Å². The topological polar surface area (TPSA) is 20.3 Å². The van der Waals surface area contributed by atoms with Gasteiger partial charge in [-0.3, -0.25) is 4.79 Å². The van der Waals surface area contributed by atoms with Crippen molar-refractivity contribution in [2.75, 3.05) is 6.54 Å². The van der Waals surface area contributed by atoms with Gasteiger partial charge >= 0.3 is 0 Å². The second kappa shape index (κ2) is 6.13. The molecule has 3 rings (SSSR count). The lowest BCUT2D eigenvalue weighted by Crippen LogP contribution is -2.30. The van der Waals surface area contributed by atoms with Gasteiger partial charge in [-0.25, -0.2) is 0 Å². The highest BCUT2D eigenvalue weighted by Gasteiger charge is 2.30. The minimum Gasteiger partial charge on any atom is -0.332 e. The number of amides is 1. The maximum Gasteiger partial charge on any atom is 0.254 e. The normalized spacial score (nSPS) is 18.0. The molecule has 1 atom stereocenters. The van der Waals surface area contributed by atoms with Gasteiger partial charge in [-0.2, -0.15) is 0 Å². The summed E-state index contributed by atoms with van der Waals surface area (Å²) in [5.74, 6) is 0.156. The lowest BCUT2D eigenvalue weighted by atomic mass is 10.0. The summed E-state index contributed by atoms with van der Waals surface area (Å²) in [6.45, 7) is 2.98. The van der Waals surface area contributed by atoms with Crippen LogP contribution in [-0.4, -0.2) is 17.4 Å². The van der Waals surface area contributed by atoms with Gasteiger partial charge in [0.05, 0.1) is 6.04 Å². The van der Waals surface area contributed by atoms with Crippen LogP contribution in [0, 0.1) is 0 Å². The summed E-state index contributed by atoms with van der Waals surface area (Å²) in [4.78, 5) is 14.8. The largest absolute Gasteiger partial charge is 0.332 e. The summed E-state index contributed by atoms with van der Waals surface area (Å²) in [5, 5.41) is 0. The number of carbonyl (C=O) groups is 1. The van der Waals surface area contributed by atoms with Gasteiger partial charge in [-0.05, 0) is 42.5 Å². The molecule has 0 bridgehead atoms. The predicted octanol–water partition coefficient (Wildman–Crippen LogP) is 4.23. The monoisotopic (exact) mass is 279 g/mol. The maximum absolute atomic E-state index is 12.8. The molecule has 0 saturated carbocycles. The molecule has 21 heavy (non-hydrogen) atoms. The van der Waals surface area contributed by atoms with E-state index in [1.54, 1.807) is 0 Å². The lowest BCUT2D eigenvalue weighted by Gasteiger charge is -2.25. The van der Waals surface area contributed by atoms with Crippen LogP contribution in [0.2, 0.25) is 0 Å². The molecule has 1 unspecified atom stereocenters. The SMILES string of the molecule is CCc1ccc(C(=O)N2CCCC2c2ccccc2)cc1. The fourth-order valence-electron chi connectivity index (χ4n) is 3.08. The van der Waals surface area contributed by atoms with E-state index in [1.807, 2.05) is 35.2 Å². The molecule has 0 spiro atoms. The van der Waals surface area contributed by atoms with E-state index in [1.165, 1.54) is 11.1 Å². The molecular weight excluding hydrogens is 258 g/mol. The van der Waals surface area contributed by atoms with E-state index in [0.29, 0.717) is 0 Å². The van der Waals surface area contributed by atoms with Crippen molar-refractivity contribution in [3.05, 3.63) is 71.3 Å². The Kier molecular flexibility index (Phi) is 4.05. The molecule has 2 nitrogen and oxygen atoms in total. The van der Waals surface area contributed by atoms with Gasteiger partial charge in [0.25, 0.3) is 5.91 Å². The first-order chi connectivity index (χ1) is 10.3. The average Bonchev–Trinajstić information content (AvgIpc) is 3.04. The zero-order valence-electron chi connectivity index (χ0n) is 12.5. The highest BCUT2D eigenvalue weighted by molar-refractivity contribution is 5.94. The molecule has 1 fully saturated rings. The molecule has 0 aromatic heterocycles.